The predicted molar refractivity (Wildman–Crippen MR) is 135 cm³/mol. The fourth-order valence-corrected chi connectivity index (χ4v) is 3.23. The first kappa shape index (κ1) is 33.0. The van der Waals surface area contributed by atoms with Crippen LogP contribution in [0.2, 0.25) is 0 Å². The number of aliphatic hydroxyl groups excluding tert-OH is 1. The first-order valence-electron chi connectivity index (χ1n) is 12.2. The topological polar surface area (TPSA) is 261 Å². The quantitative estimate of drug-likeness (QED) is 0.0523. The number of hydrogen-bond donors (Lipinski definition) is 9. The molecule has 0 fully saturated rings. The van der Waals surface area contributed by atoms with Gasteiger partial charge in [-0.15, -0.1) is 0 Å². The van der Waals surface area contributed by atoms with Crippen molar-refractivity contribution < 1.29 is 29.4 Å². The summed E-state index contributed by atoms with van der Waals surface area (Å²) < 4.78 is 0. The molecule has 0 radical (unpaired) electrons. The minimum Gasteiger partial charge on any atom is -0.480 e. The number of carbonyl (C=O) groups is 4. The molecule has 13 N–H and O–H groups in total. The lowest BCUT2D eigenvalue weighted by Crippen LogP contribution is -2.58. The number of guanidine groups is 1. The summed E-state index contributed by atoms with van der Waals surface area (Å²) in [6, 6.07) is -4.56. The number of carboxylic acid groups (broad SMARTS) is 1. The molecule has 0 bridgehead atoms. The van der Waals surface area contributed by atoms with Crippen molar-refractivity contribution in [3.63, 3.8) is 0 Å². The maximum absolute atomic E-state index is 13.1. The minimum atomic E-state index is -1.25. The van der Waals surface area contributed by atoms with Gasteiger partial charge >= 0.3 is 5.97 Å². The number of hydrogen-bond acceptors (Lipinski definition) is 8. The summed E-state index contributed by atoms with van der Waals surface area (Å²) in [5, 5.41) is 26.7. The molecule has 0 aromatic carbocycles. The van der Waals surface area contributed by atoms with Crippen LogP contribution < -0.4 is 38.9 Å². The third-order valence-corrected chi connectivity index (χ3v) is 5.76. The second-order valence-electron chi connectivity index (χ2n) is 8.83. The number of aliphatic carboxylic acids is 1. The van der Waals surface area contributed by atoms with Gasteiger partial charge in [-0.25, -0.2) is 4.79 Å². The molecule has 0 aliphatic carbocycles. The first-order chi connectivity index (χ1) is 16.8. The lowest BCUT2D eigenvalue weighted by molar-refractivity contribution is -0.144. The van der Waals surface area contributed by atoms with Crippen molar-refractivity contribution in [2.45, 2.75) is 89.6 Å². The fourth-order valence-electron chi connectivity index (χ4n) is 3.23. The molecule has 0 aliphatic rings. The van der Waals surface area contributed by atoms with Crippen LogP contribution in [0.3, 0.4) is 0 Å². The van der Waals surface area contributed by atoms with Crippen LogP contribution in [-0.2, 0) is 19.2 Å². The summed E-state index contributed by atoms with van der Waals surface area (Å²) in [7, 11) is 0. The highest BCUT2D eigenvalue weighted by Gasteiger charge is 2.32. The van der Waals surface area contributed by atoms with E-state index in [2.05, 4.69) is 20.9 Å². The van der Waals surface area contributed by atoms with Crippen molar-refractivity contribution in [1.29, 1.82) is 0 Å². The van der Waals surface area contributed by atoms with E-state index in [0.717, 1.165) is 0 Å². The zero-order valence-corrected chi connectivity index (χ0v) is 21.4. The predicted octanol–water partition coefficient (Wildman–Crippen LogP) is -2.54. The van der Waals surface area contributed by atoms with Crippen molar-refractivity contribution in [2.24, 2.45) is 33.8 Å². The van der Waals surface area contributed by atoms with Gasteiger partial charge in [0.2, 0.25) is 17.7 Å². The summed E-state index contributed by atoms with van der Waals surface area (Å²) >= 11 is 0. The van der Waals surface area contributed by atoms with Gasteiger partial charge in [-0.05, 0) is 51.5 Å². The molecule has 14 nitrogen and oxygen atoms in total. The van der Waals surface area contributed by atoms with Crippen LogP contribution in [0.15, 0.2) is 4.99 Å². The molecule has 0 saturated heterocycles. The Labute approximate surface area is 212 Å². The van der Waals surface area contributed by atoms with Gasteiger partial charge in [0.25, 0.3) is 0 Å². The Morgan fingerprint density at radius 1 is 0.889 bits per heavy atom. The monoisotopic (exact) mass is 516 g/mol. The normalized spacial score (nSPS) is 15.9. The summed E-state index contributed by atoms with van der Waals surface area (Å²) in [4.78, 5) is 54.0. The van der Waals surface area contributed by atoms with Crippen molar-refractivity contribution in [3.8, 4) is 0 Å². The van der Waals surface area contributed by atoms with E-state index in [0.29, 0.717) is 32.2 Å². The van der Waals surface area contributed by atoms with Gasteiger partial charge in [-0.3, -0.25) is 19.4 Å². The Bertz CT molecular complexity index is 744. The summed E-state index contributed by atoms with van der Waals surface area (Å²) in [5.74, 6) is -3.74. The van der Waals surface area contributed by atoms with Gasteiger partial charge < -0.3 is 49.1 Å². The van der Waals surface area contributed by atoms with Crippen LogP contribution in [0, 0.1) is 5.92 Å². The van der Waals surface area contributed by atoms with Gasteiger partial charge in [0, 0.05) is 6.54 Å². The maximum atomic E-state index is 13.1. The van der Waals surface area contributed by atoms with E-state index in [-0.39, 0.29) is 31.3 Å². The van der Waals surface area contributed by atoms with Gasteiger partial charge in [0.15, 0.2) is 5.96 Å². The Morgan fingerprint density at radius 2 is 1.42 bits per heavy atom. The smallest absolute Gasteiger partial charge is 0.326 e. The minimum absolute atomic E-state index is 0.109. The second kappa shape index (κ2) is 17.5. The fraction of sp³-hybridized carbons (Fsp3) is 0.773. The highest BCUT2D eigenvalue weighted by molar-refractivity contribution is 5.94. The SMILES string of the molecule is CCC(C)C(NC(=O)C(CCCN=C(N)N)NC(=O)C(CCCCN)NC(=O)C(N)C(C)O)C(=O)O. The highest BCUT2D eigenvalue weighted by atomic mass is 16.4. The Kier molecular flexibility index (Phi) is 16.0. The molecule has 0 aromatic heterocycles. The molecule has 14 heteroatoms. The van der Waals surface area contributed by atoms with Crippen LogP contribution in [0.4, 0.5) is 0 Å². The molecule has 0 aromatic rings. The number of rotatable bonds is 18. The number of carboxylic acids is 1. The van der Waals surface area contributed by atoms with Crippen LogP contribution in [0.25, 0.3) is 0 Å². The number of nitrogens with two attached hydrogens (primary N) is 4. The van der Waals surface area contributed by atoms with Crippen molar-refractivity contribution >= 4 is 29.7 Å². The molecule has 6 unspecified atom stereocenters. The zero-order valence-electron chi connectivity index (χ0n) is 21.4. The molecule has 208 valence electrons. The Balaban J connectivity index is 5.69. The van der Waals surface area contributed by atoms with Gasteiger partial charge in [-0.1, -0.05) is 20.3 Å². The third-order valence-electron chi connectivity index (χ3n) is 5.76. The van der Waals surface area contributed by atoms with Crippen LogP contribution in [0.1, 0.15) is 59.3 Å². The molecule has 3 amide bonds. The molecule has 6 atom stereocenters. The zero-order chi connectivity index (χ0) is 27.8. The maximum Gasteiger partial charge on any atom is 0.326 e. The van der Waals surface area contributed by atoms with E-state index in [1.54, 1.807) is 13.8 Å². The van der Waals surface area contributed by atoms with Gasteiger partial charge in [-0.2, -0.15) is 0 Å². The number of carbonyl (C=O) groups excluding carboxylic acids is 3. The Hall–Kier alpha value is -2.97. The molecule has 0 aliphatic heterocycles. The molecule has 0 heterocycles. The third kappa shape index (κ3) is 12.7. The second-order valence-corrected chi connectivity index (χ2v) is 8.83. The van der Waals surface area contributed by atoms with E-state index in [4.69, 9.17) is 22.9 Å². The van der Waals surface area contributed by atoms with Gasteiger partial charge in [0.05, 0.1) is 6.10 Å². The highest BCUT2D eigenvalue weighted by Crippen LogP contribution is 2.10. The van der Waals surface area contributed by atoms with E-state index >= 15 is 0 Å². The number of unbranched alkanes of at least 4 members (excludes halogenated alkanes) is 1. The van der Waals surface area contributed by atoms with Crippen molar-refractivity contribution in [3.05, 3.63) is 0 Å². The standard InChI is InChI=1S/C22H44N8O6/c1-4-12(2)17(21(35)36)30-19(33)15(9-7-11-27-22(25)26)28-18(32)14(8-5-6-10-23)29-20(34)16(24)13(3)31/h12-17,31H,4-11,23-24H2,1-3H3,(H,28,32)(H,29,34)(H,30,33)(H,35,36)(H4,25,26,27). The number of nitrogens with one attached hydrogen (secondary N) is 3. The van der Waals surface area contributed by atoms with E-state index < -0.39 is 54.0 Å². The van der Waals surface area contributed by atoms with Gasteiger partial charge in [0.1, 0.15) is 24.2 Å². The molecule has 0 rings (SSSR count). The lowest BCUT2D eigenvalue weighted by atomic mass is 9.98. The molecule has 0 saturated carbocycles. The number of aliphatic hydroxyl groups is 1. The van der Waals surface area contributed by atoms with E-state index in [1.165, 1.54) is 6.92 Å². The van der Waals surface area contributed by atoms with Crippen LogP contribution >= 0.6 is 0 Å². The first-order valence-corrected chi connectivity index (χ1v) is 12.2. The molecule has 36 heavy (non-hydrogen) atoms. The number of amides is 3. The van der Waals surface area contributed by atoms with E-state index in [9.17, 15) is 29.4 Å². The van der Waals surface area contributed by atoms with E-state index in [1.807, 2.05) is 0 Å². The average molecular weight is 517 g/mol. The Morgan fingerprint density at radius 3 is 1.89 bits per heavy atom. The molecule has 0 spiro atoms. The molecular weight excluding hydrogens is 472 g/mol. The number of aliphatic imine (C=N–C) groups is 1. The lowest BCUT2D eigenvalue weighted by Gasteiger charge is -2.27. The molecular formula is C22H44N8O6. The summed E-state index contributed by atoms with van der Waals surface area (Å²) in [5.41, 5.74) is 21.8. The largest absolute Gasteiger partial charge is 0.480 e. The average Bonchev–Trinajstić information content (AvgIpc) is 2.81. The van der Waals surface area contributed by atoms with Crippen molar-refractivity contribution in [1.82, 2.24) is 16.0 Å². The van der Waals surface area contributed by atoms with Crippen LogP contribution in [-0.4, -0.2) is 83.2 Å². The summed E-state index contributed by atoms with van der Waals surface area (Å²) in [6.45, 7) is 5.42. The van der Waals surface area contributed by atoms with Crippen LogP contribution in [0.5, 0.6) is 0 Å². The van der Waals surface area contributed by atoms with Crippen molar-refractivity contribution in [2.75, 3.05) is 13.1 Å². The summed E-state index contributed by atoms with van der Waals surface area (Å²) in [6.07, 6.45) is 1.12. The number of nitrogens with zero attached hydrogens (tertiary/aromatic N) is 1.